The van der Waals surface area contributed by atoms with Crippen LogP contribution in [-0.4, -0.2) is 37.2 Å². The first-order chi connectivity index (χ1) is 15.7. The van der Waals surface area contributed by atoms with Crippen molar-refractivity contribution < 1.29 is 18.7 Å². The molecule has 5 heteroatoms. The minimum atomic E-state index is -0.286. The fourth-order valence-corrected chi connectivity index (χ4v) is 4.36. The van der Waals surface area contributed by atoms with Gasteiger partial charge in [-0.15, -0.1) is 0 Å². The topological polar surface area (TPSA) is 51.9 Å². The van der Waals surface area contributed by atoms with Crippen molar-refractivity contribution in [3.05, 3.63) is 77.6 Å². The Labute approximate surface area is 187 Å². The van der Waals surface area contributed by atoms with Gasteiger partial charge in [0, 0.05) is 36.1 Å². The second-order valence-corrected chi connectivity index (χ2v) is 8.25. The predicted octanol–water partition coefficient (Wildman–Crippen LogP) is 5.13. The monoisotopic (exact) mass is 429 g/mol. The summed E-state index contributed by atoms with van der Waals surface area (Å²) in [7, 11) is 0. The molecule has 0 bridgehead atoms. The van der Waals surface area contributed by atoms with Gasteiger partial charge in [0.25, 0.3) is 0 Å². The molecule has 4 aromatic rings. The second-order valence-electron chi connectivity index (χ2n) is 8.25. The molecule has 1 aliphatic rings. The molecule has 0 aliphatic carbocycles. The van der Waals surface area contributed by atoms with Crippen LogP contribution >= 0.6 is 0 Å². The minimum absolute atomic E-state index is 0.169. The van der Waals surface area contributed by atoms with Gasteiger partial charge in [0.15, 0.2) is 0 Å². The van der Waals surface area contributed by atoms with Crippen molar-refractivity contribution in [2.24, 2.45) is 0 Å². The number of rotatable bonds is 6. The fraction of sp³-hybridized carbons (Fsp3) is 0.296. The van der Waals surface area contributed by atoms with E-state index >= 15 is 0 Å². The summed E-state index contributed by atoms with van der Waals surface area (Å²) in [4.78, 5) is 15.3. The molecule has 0 N–H and O–H groups in total. The number of hydrogen-bond acceptors (Lipinski definition) is 5. The molecule has 1 saturated heterocycles. The summed E-state index contributed by atoms with van der Waals surface area (Å²) in [6.45, 7) is 6.04. The standard InChI is InChI=1S/C27H27NO4/c1-2-19-7-9-23-21(18-31-26(23)15-19)16-27(29)32-25-10-8-20-5-3-4-6-22(20)24(25)17-28-11-13-30-14-12-28/h3-10,15,18H,2,11-14,16-17H2,1H3. The van der Waals surface area contributed by atoms with E-state index in [2.05, 4.69) is 30.0 Å². The molecule has 0 spiro atoms. The normalized spacial score (nSPS) is 14.8. The smallest absolute Gasteiger partial charge is 0.315 e. The van der Waals surface area contributed by atoms with Crippen molar-refractivity contribution in [2.45, 2.75) is 26.3 Å². The molecule has 3 aromatic carbocycles. The van der Waals surface area contributed by atoms with Crippen LogP contribution in [0.1, 0.15) is 23.6 Å². The minimum Gasteiger partial charge on any atom is -0.464 e. The number of fused-ring (bicyclic) bond motifs is 2. The van der Waals surface area contributed by atoms with E-state index in [4.69, 9.17) is 13.9 Å². The maximum atomic E-state index is 12.9. The fourth-order valence-electron chi connectivity index (χ4n) is 4.36. The molecule has 0 unspecified atom stereocenters. The number of esters is 1. The van der Waals surface area contributed by atoms with E-state index in [-0.39, 0.29) is 12.4 Å². The largest absolute Gasteiger partial charge is 0.464 e. The Morgan fingerprint density at radius 3 is 2.72 bits per heavy atom. The number of benzene rings is 3. The lowest BCUT2D eigenvalue weighted by Gasteiger charge is -2.27. The molecule has 0 radical (unpaired) electrons. The van der Waals surface area contributed by atoms with Crippen LogP contribution in [-0.2, 0) is 28.9 Å². The Bertz CT molecular complexity index is 1250. The maximum Gasteiger partial charge on any atom is 0.315 e. The maximum absolute atomic E-state index is 12.9. The predicted molar refractivity (Wildman–Crippen MR) is 125 cm³/mol. The van der Waals surface area contributed by atoms with E-state index in [0.29, 0.717) is 5.75 Å². The zero-order valence-corrected chi connectivity index (χ0v) is 18.3. The highest BCUT2D eigenvalue weighted by atomic mass is 16.5. The van der Waals surface area contributed by atoms with Crippen LogP contribution < -0.4 is 4.74 Å². The number of ether oxygens (including phenoxy) is 2. The van der Waals surface area contributed by atoms with Gasteiger partial charge in [-0.25, -0.2) is 0 Å². The number of nitrogens with zero attached hydrogens (tertiary/aromatic N) is 1. The highest BCUT2D eigenvalue weighted by molar-refractivity contribution is 5.90. The quantitative estimate of drug-likeness (QED) is 0.314. The summed E-state index contributed by atoms with van der Waals surface area (Å²) in [6.07, 6.45) is 2.78. The first kappa shape index (κ1) is 20.7. The third-order valence-corrected chi connectivity index (χ3v) is 6.17. The molecule has 5 nitrogen and oxygen atoms in total. The number of morpholine rings is 1. The van der Waals surface area contributed by atoms with E-state index in [1.807, 2.05) is 36.4 Å². The second kappa shape index (κ2) is 9.15. The number of aryl methyl sites for hydroxylation is 1. The molecule has 164 valence electrons. The van der Waals surface area contributed by atoms with Crippen LogP contribution in [0.25, 0.3) is 21.7 Å². The third-order valence-electron chi connectivity index (χ3n) is 6.17. The Morgan fingerprint density at radius 2 is 1.88 bits per heavy atom. The molecule has 0 atom stereocenters. The molecule has 32 heavy (non-hydrogen) atoms. The summed E-state index contributed by atoms with van der Waals surface area (Å²) in [5.41, 5.74) is 3.92. The van der Waals surface area contributed by atoms with Gasteiger partial charge in [0.2, 0.25) is 0 Å². The molecule has 1 fully saturated rings. The highest BCUT2D eigenvalue weighted by Crippen LogP contribution is 2.30. The van der Waals surface area contributed by atoms with Gasteiger partial charge in [-0.2, -0.15) is 0 Å². The summed E-state index contributed by atoms with van der Waals surface area (Å²) < 4.78 is 17.1. The average Bonchev–Trinajstić information content (AvgIpc) is 3.23. The first-order valence-electron chi connectivity index (χ1n) is 11.2. The Kier molecular flexibility index (Phi) is 5.93. The van der Waals surface area contributed by atoms with Crippen molar-refractivity contribution in [3.63, 3.8) is 0 Å². The lowest BCUT2D eigenvalue weighted by molar-refractivity contribution is -0.133. The molecule has 1 aliphatic heterocycles. The van der Waals surface area contributed by atoms with Gasteiger partial charge >= 0.3 is 5.97 Å². The molecule has 5 rings (SSSR count). The lowest BCUT2D eigenvalue weighted by atomic mass is 10.0. The molecular formula is C27H27NO4. The SMILES string of the molecule is CCc1ccc2c(CC(=O)Oc3ccc4ccccc4c3CN3CCOCC3)coc2c1. The van der Waals surface area contributed by atoms with Crippen LogP contribution in [0.2, 0.25) is 0 Å². The number of furan rings is 1. The lowest BCUT2D eigenvalue weighted by Crippen LogP contribution is -2.35. The first-order valence-corrected chi connectivity index (χ1v) is 11.2. The van der Waals surface area contributed by atoms with E-state index in [0.717, 1.165) is 72.1 Å². The Balaban J connectivity index is 1.40. The number of carbonyl (C=O) groups excluding carboxylic acids is 1. The highest BCUT2D eigenvalue weighted by Gasteiger charge is 2.19. The van der Waals surface area contributed by atoms with Crippen LogP contribution in [0.4, 0.5) is 0 Å². The van der Waals surface area contributed by atoms with Gasteiger partial charge in [0.05, 0.1) is 25.9 Å². The van der Waals surface area contributed by atoms with E-state index < -0.39 is 0 Å². The van der Waals surface area contributed by atoms with Gasteiger partial charge in [-0.05, 0) is 34.9 Å². The van der Waals surface area contributed by atoms with Crippen LogP contribution in [0.3, 0.4) is 0 Å². The van der Waals surface area contributed by atoms with Crippen molar-refractivity contribution >= 4 is 27.7 Å². The number of carbonyl (C=O) groups is 1. The van der Waals surface area contributed by atoms with Crippen LogP contribution in [0, 0.1) is 0 Å². The summed E-state index contributed by atoms with van der Waals surface area (Å²) in [6, 6.07) is 18.3. The van der Waals surface area contributed by atoms with Gasteiger partial charge in [-0.1, -0.05) is 49.4 Å². The van der Waals surface area contributed by atoms with E-state index in [9.17, 15) is 4.79 Å². The van der Waals surface area contributed by atoms with Gasteiger partial charge in [0.1, 0.15) is 11.3 Å². The molecule has 0 amide bonds. The van der Waals surface area contributed by atoms with E-state index in [1.54, 1.807) is 6.26 Å². The third kappa shape index (κ3) is 4.27. The number of hydrogen-bond donors (Lipinski definition) is 0. The zero-order valence-electron chi connectivity index (χ0n) is 18.3. The summed E-state index contributed by atoms with van der Waals surface area (Å²) in [5, 5.41) is 3.22. The van der Waals surface area contributed by atoms with Gasteiger partial charge < -0.3 is 13.9 Å². The van der Waals surface area contributed by atoms with Crippen molar-refractivity contribution in [2.75, 3.05) is 26.3 Å². The van der Waals surface area contributed by atoms with Crippen LogP contribution in [0.15, 0.2) is 65.3 Å². The zero-order chi connectivity index (χ0) is 21.9. The average molecular weight is 430 g/mol. The Morgan fingerprint density at radius 1 is 1.03 bits per heavy atom. The Hall–Kier alpha value is -3.15. The van der Waals surface area contributed by atoms with E-state index in [1.165, 1.54) is 5.56 Å². The molecule has 1 aromatic heterocycles. The van der Waals surface area contributed by atoms with Crippen molar-refractivity contribution in [3.8, 4) is 5.75 Å². The summed E-state index contributed by atoms with van der Waals surface area (Å²) >= 11 is 0. The van der Waals surface area contributed by atoms with Crippen molar-refractivity contribution in [1.82, 2.24) is 4.90 Å². The molecule has 0 saturated carbocycles. The van der Waals surface area contributed by atoms with Crippen molar-refractivity contribution in [1.29, 1.82) is 0 Å². The van der Waals surface area contributed by atoms with Gasteiger partial charge in [-0.3, -0.25) is 9.69 Å². The molecule has 2 heterocycles. The van der Waals surface area contributed by atoms with Crippen LogP contribution in [0.5, 0.6) is 5.75 Å². The molecular weight excluding hydrogens is 402 g/mol. The summed E-state index contributed by atoms with van der Waals surface area (Å²) in [5.74, 6) is 0.340.